The first-order chi connectivity index (χ1) is 8.15. The maximum atomic E-state index is 5.49. The lowest BCUT2D eigenvalue weighted by molar-refractivity contribution is 1.06. The molecule has 3 N–H and O–H groups in total. The molecule has 17 heavy (non-hydrogen) atoms. The summed E-state index contributed by atoms with van der Waals surface area (Å²) in [7, 11) is 0. The lowest BCUT2D eigenvalue weighted by atomic mass is 10.3. The second kappa shape index (κ2) is 5.20. The molecule has 0 aliphatic carbocycles. The zero-order valence-electron chi connectivity index (χ0n) is 9.30. The highest BCUT2D eigenvalue weighted by atomic mass is 32.1. The van der Waals surface area contributed by atoms with Crippen molar-refractivity contribution in [3.05, 3.63) is 40.0 Å². The number of hydrogen-bond acceptors (Lipinski definition) is 5. The Kier molecular flexibility index (Phi) is 3.65. The SMILES string of the molecule is Cc1csc(CNc2ccc(C(N)=S)cn2)n1. The van der Waals surface area contributed by atoms with E-state index in [1.54, 1.807) is 17.5 Å². The summed E-state index contributed by atoms with van der Waals surface area (Å²) in [5, 5.41) is 6.27. The van der Waals surface area contributed by atoms with E-state index in [1.807, 2.05) is 24.4 Å². The molecule has 2 heterocycles. The van der Waals surface area contributed by atoms with Crippen LogP contribution < -0.4 is 11.1 Å². The van der Waals surface area contributed by atoms with Crippen LogP contribution in [0.2, 0.25) is 0 Å². The van der Waals surface area contributed by atoms with Gasteiger partial charge >= 0.3 is 0 Å². The minimum atomic E-state index is 0.361. The van der Waals surface area contributed by atoms with E-state index < -0.39 is 0 Å². The Morgan fingerprint density at radius 3 is 2.88 bits per heavy atom. The molecular formula is C11H12N4S2. The molecule has 0 saturated heterocycles. The van der Waals surface area contributed by atoms with Crippen LogP contribution >= 0.6 is 23.6 Å². The van der Waals surface area contributed by atoms with E-state index in [0.717, 1.165) is 22.1 Å². The van der Waals surface area contributed by atoms with Gasteiger partial charge in [0.2, 0.25) is 0 Å². The molecule has 2 aromatic rings. The Morgan fingerprint density at radius 1 is 1.53 bits per heavy atom. The topological polar surface area (TPSA) is 63.8 Å². The Bertz CT molecular complexity index is 519. The van der Waals surface area contributed by atoms with E-state index in [1.165, 1.54) is 0 Å². The molecule has 0 aliphatic rings. The highest BCUT2D eigenvalue weighted by molar-refractivity contribution is 7.80. The van der Waals surface area contributed by atoms with Crippen molar-refractivity contribution in [2.45, 2.75) is 13.5 Å². The molecule has 2 rings (SSSR count). The monoisotopic (exact) mass is 264 g/mol. The summed E-state index contributed by atoms with van der Waals surface area (Å²) in [5.74, 6) is 0.790. The molecule has 0 atom stereocenters. The van der Waals surface area contributed by atoms with E-state index >= 15 is 0 Å². The van der Waals surface area contributed by atoms with Crippen LogP contribution in [-0.4, -0.2) is 15.0 Å². The minimum Gasteiger partial charge on any atom is -0.389 e. The van der Waals surface area contributed by atoms with Crippen LogP contribution in [0.5, 0.6) is 0 Å². The van der Waals surface area contributed by atoms with Crippen molar-refractivity contribution in [2.24, 2.45) is 5.73 Å². The molecule has 0 amide bonds. The zero-order valence-corrected chi connectivity index (χ0v) is 10.9. The average molecular weight is 264 g/mol. The second-order valence-corrected chi connectivity index (χ2v) is 4.92. The summed E-state index contributed by atoms with van der Waals surface area (Å²) < 4.78 is 0. The number of nitrogens with one attached hydrogen (secondary N) is 1. The molecule has 0 aromatic carbocycles. The molecule has 4 nitrogen and oxygen atoms in total. The van der Waals surface area contributed by atoms with Crippen LogP contribution in [0.3, 0.4) is 0 Å². The number of pyridine rings is 1. The van der Waals surface area contributed by atoms with E-state index in [-0.39, 0.29) is 0 Å². The average Bonchev–Trinajstić information content (AvgIpc) is 2.73. The van der Waals surface area contributed by atoms with Gasteiger partial charge in [0.05, 0.1) is 6.54 Å². The molecule has 88 valence electrons. The molecule has 0 bridgehead atoms. The number of anilines is 1. The van der Waals surface area contributed by atoms with Crippen LogP contribution in [0, 0.1) is 6.92 Å². The number of aryl methyl sites for hydroxylation is 1. The van der Waals surface area contributed by atoms with Gasteiger partial charge in [0, 0.05) is 22.8 Å². The fourth-order valence-corrected chi connectivity index (χ4v) is 2.13. The number of rotatable bonds is 4. The van der Waals surface area contributed by atoms with Crippen LogP contribution in [-0.2, 0) is 6.54 Å². The van der Waals surface area contributed by atoms with E-state index in [2.05, 4.69) is 15.3 Å². The standard InChI is InChI=1S/C11H12N4S2/c1-7-6-17-10(15-7)5-14-9-3-2-8(4-13-9)11(12)16/h2-4,6H,5H2,1H3,(H2,12,16)(H,13,14). The number of hydrogen-bond donors (Lipinski definition) is 2. The van der Waals surface area contributed by atoms with Gasteiger partial charge in [0.1, 0.15) is 15.8 Å². The number of aromatic nitrogens is 2. The van der Waals surface area contributed by atoms with E-state index in [0.29, 0.717) is 11.5 Å². The highest BCUT2D eigenvalue weighted by Gasteiger charge is 2.00. The predicted molar refractivity (Wildman–Crippen MR) is 74.3 cm³/mol. The molecule has 2 aromatic heterocycles. The Hall–Kier alpha value is -1.53. The number of thiocarbonyl (C=S) groups is 1. The molecule has 0 saturated carbocycles. The van der Waals surface area contributed by atoms with Crippen molar-refractivity contribution in [1.82, 2.24) is 9.97 Å². The summed E-state index contributed by atoms with van der Waals surface area (Å²) in [5.41, 5.74) is 7.31. The third-order valence-corrected chi connectivity index (χ3v) is 3.34. The molecule has 6 heteroatoms. The summed E-state index contributed by atoms with van der Waals surface area (Å²) in [6.07, 6.45) is 1.66. The predicted octanol–water partition coefficient (Wildman–Crippen LogP) is 2.09. The molecule has 0 aliphatic heterocycles. The number of nitrogens with zero attached hydrogens (tertiary/aromatic N) is 2. The fourth-order valence-electron chi connectivity index (χ4n) is 1.29. The first kappa shape index (κ1) is 11.9. The lowest BCUT2D eigenvalue weighted by Gasteiger charge is -2.04. The number of nitrogens with two attached hydrogens (primary N) is 1. The molecule has 0 radical (unpaired) electrons. The third-order valence-electron chi connectivity index (χ3n) is 2.14. The highest BCUT2D eigenvalue weighted by Crippen LogP contribution is 2.11. The summed E-state index contributed by atoms with van der Waals surface area (Å²) in [6, 6.07) is 3.71. The molecule has 0 unspecified atom stereocenters. The summed E-state index contributed by atoms with van der Waals surface area (Å²) in [6.45, 7) is 2.66. The van der Waals surface area contributed by atoms with Crippen LogP contribution in [0.1, 0.15) is 16.3 Å². The zero-order chi connectivity index (χ0) is 12.3. The normalized spacial score (nSPS) is 10.2. The first-order valence-electron chi connectivity index (χ1n) is 5.06. The Labute approximate surface area is 109 Å². The van der Waals surface area contributed by atoms with Crippen LogP contribution in [0.4, 0.5) is 5.82 Å². The van der Waals surface area contributed by atoms with Crippen LogP contribution in [0.15, 0.2) is 23.7 Å². The van der Waals surface area contributed by atoms with E-state index in [4.69, 9.17) is 18.0 Å². The smallest absolute Gasteiger partial charge is 0.126 e. The van der Waals surface area contributed by atoms with Gasteiger partial charge < -0.3 is 11.1 Å². The largest absolute Gasteiger partial charge is 0.389 e. The van der Waals surface area contributed by atoms with Crippen molar-refractivity contribution in [3.8, 4) is 0 Å². The van der Waals surface area contributed by atoms with Gasteiger partial charge in [-0.25, -0.2) is 9.97 Å². The van der Waals surface area contributed by atoms with Gasteiger partial charge in [-0.1, -0.05) is 12.2 Å². The maximum Gasteiger partial charge on any atom is 0.126 e. The van der Waals surface area contributed by atoms with Crippen molar-refractivity contribution < 1.29 is 0 Å². The second-order valence-electron chi connectivity index (χ2n) is 3.53. The van der Waals surface area contributed by atoms with Gasteiger partial charge in [-0.2, -0.15) is 0 Å². The fraction of sp³-hybridized carbons (Fsp3) is 0.182. The maximum absolute atomic E-state index is 5.49. The third kappa shape index (κ3) is 3.21. The van der Waals surface area contributed by atoms with Crippen LogP contribution in [0.25, 0.3) is 0 Å². The molecular weight excluding hydrogens is 252 g/mol. The molecule has 0 fully saturated rings. The van der Waals surface area contributed by atoms with Gasteiger partial charge in [0.15, 0.2) is 0 Å². The van der Waals surface area contributed by atoms with Crippen molar-refractivity contribution in [3.63, 3.8) is 0 Å². The van der Waals surface area contributed by atoms with Crippen molar-refractivity contribution >= 4 is 34.4 Å². The minimum absolute atomic E-state index is 0.361. The van der Waals surface area contributed by atoms with Gasteiger partial charge in [-0.3, -0.25) is 0 Å². The van der Waals surface area contributed by atoms with Gasteiger partial charge in [0.25, 0.3) is 0 Å². The van der Waals surface area contributed by atoms with Crippen molar-refractivity contribution in [2.75, 3.05) is 5.32 Å². The Balaban J connectivity index is 1.97. The quantitative estimate of drug-likeness (QED) is 0.828. The van der Waals surface area contributed by atoms with Gasteiger partial charge in [-0.05, 0) is 19.1 Å². The van der Waals surface area contributed by atoms with Crippen molar-refractivity contribution in [1.29, 1.82) is 0 Å². The first-order valence-corrected chi connectivity index (χ1v) is 6.34. The Morgan fingerprint density at radius 2 is 2.35 bits per heavy atom. The van der Waals surface area contributed by atoms with Gasteiger partial charge in [-0.15, -0.1) is 11.3 Å². The lowest BCUT2D eigenvalue weighted by Crippen LogP contribution is -2.10. The number of thiazole rings is 1. The summed E-state index contributed by atoms with van der Waals surface area (Å²) in [4.78, 5) is 8.94. The van der Waals surface area contributed by atoms with E-state index in [9.17, 15) is 0 Å². The summed E-state index contributed by atoms with van der Waals surface area (Å²) >= 11 is 6.49. The molecule has 0 spiro atoms.